The summed E-state index contributed by atoms with van der Waals surface area (Å²) in [5, 5.41) is 2.63. The van der Waals surface area contributed by atoms with Gasteiger partial charge in [-0.15, -0.1) is 0 Å². The van der Waals surface area contributed by atoms with Crippen LogP contribution in [0.3, 0.4) is 0 Å². The van der Waals surface area contributed by atoms with E-state index >= 15 is 0 Å². The molecular weight excluding hydrogens is 366 g/mol. The van der Waals surface area contributed by atoms with E-state index in [1.807, 2.05) is 84.9 Å². The topological polar surface area (TPSA) is 64.6 Å². The van der Waals surface area contributed by atoms with Gasteiger partial charge in [0.05, 0.1) is 7.11 Å². The Bertz CT molecular complexity index is 941. The number of hydrogen-bond donors (Lipinski definition) is 1. The van der Waals surface area contributed by atoms with E-state index in [2.05, 4.69) is 5.32 Å². The first-order valence-electron chi connectivity index (χ1n) is 9.35. The van der Waals surface area contributed by atoms with Crippen LogP contribution in [0.5, 0.6) is 0 Å². The highest BCUT2D eigenvalue weighted by atomic mass is 16.6. The fraction of sp³-hybridized carbons (Fsp3) is 0.167. The summed E-state index contributed by atoms with van der Waals surface area (Å²) in [5.41, 5.74) is 3.84. The van der Waals surface area contributed by atoms with Crippen molar-refractivity contribution >= 4 is 12.1 Å². The lowest BCUT2D eigenvalue weighted by Gasteiger charge is -2.18. The molecule has 0 bridgehead atoms. The highest BCUT2D eigenvalue weighted by molar-refractivity contribution is 5.82. The van der Waals surface area contributed by atoms with Crippen LogP contribution in [0, 0.1) is 0 Å². The molecule has 0 saturated heterocycles. The Morgan fingerprint density at radius 1 is 0.862 bits per heavy atom. The third-order valence-corrected chi connectivity index (χ3v) is 4.52. The van der Waals surface area contributed by atoms with Gasteiger partial charge in [-0.1, -0.05) is 84.9 Å². The second-order valence-corrected chi connectivity index (χ2v) is 6.51. The minimum atomic E-state index is -0.854. The SMILES string of the molecule is COC(=O)[C@@H](Cc1ccccc1-c1ccccc1)NC(=O)OCc1ccccc1. The van der Waals surface area contributed by atoms with Crippen molar-refractivity contribution in [1.82, 2.24) is 5.32 Å². The number of nitrogens with one attached hydrogen (secondary N) is 1. The van der Waals surface area contributed by atoms with E-state index in [0.717, 1.165) is 22.3 Å². The monoisotopic (exact) mass is 389 g/mol. The molecule has 29 heavy (non-hydrogen) atoms. The van der Waals surface area contributed by atoms with Crippen molar-refractivity contribution in [2.75, 3.05) is 7.11 Å². The Morgan fingerprint density at radius 2 is 1.48 bits per heavy atom. The smallest absolute Gasteiger partial charge is 0.408 e. The maximum absolute atomic E-state index is 12.3. The van der Waals surface area contributed by atoms with Crippen molar-refractivity contribution in [3.63, 3.8) is 0 Å². The molecule has 5 heteroatoms. The molecule has 0 radical (unpaired) electrons. The highest BCUT2D eigenvalue weighted by Gasteiger charge is 2.24. The van der Waals surface area contributed by atoms with Crippen molar-refractivity contribution in [3.8, 4) is 11.1 Å². The summed E-state index contributed by atoms with van der Waals surface area (Å²) in [5.74, 6) is -0.524. The predicted octanol–water partition coefficient (Wildman–Crippen LogP) is 4.36. The Balaban J connectivity index is 1.72. The first-order valence-corrected chi connectivity index (χ1v) is 9.35. The largest absolute Gasteiger partial charge is 0.467 e. The van der Waals surface area contributed by atoms with Crippen molar-refractivity contribution < 1.29 is 19.1 Å². The summed E-state index contributed by atoms with van der Waals surface area (Å²) in [6, 6.07) is 26.2. The van der Waals surface area contributed by atoms with Gasteiger partial charge in [-0.25, -0.2) is 9.59 Å². The Kier molecular flexibility index (Phi) is 7.00. The van der Waals surface area contributed by atoms with Gasteiger partial charge in [0.25, 0.3) is 0 Å². The van der Waals surface area contributed by atoms with Crippen LogP contribution in [0.4, 0.5) is 4.79 Å². The van der Waals surface area contributed by atoms with Crippen LogP contribution in [0.1, 0.15) is 11.1 Å². The van der Waals surface area contributed by atoms with E-state index in [4.69, 9.17) is 9.47 Å². The number of alkyl carbamates (subject to hydrolysis) is 1. The average molecular weight is 389 g/mol. The predicted molar refractivity (Wildman–Crippen MR) is 111 cm³/mol. The minimum absolute atomic E-state index is 0.126. The zero-order valence-electron chi connectivity index (χ0n) is 16.2. The van der Waals surface area contributed by atoms with Gasteiger partial charge in [0.15, 0.2) is 0 Å². The summed E-state index contributed by atoms with van der Waals surface area (Å²) in [6.45, 7) is 0.126. The van der Waals surface area contributed by atoms with Crippen LogP contribution in [-0.4, -0.2) is 25.2 Å². The summed E-state index contributed by atoms with van der Waals surface area (Å²) in [6.07, 6.45) is -0.375. The number of carbonyl (C=O) groups excluding carboxylic acids is 2. The number of amides is 1. The van der Waals surface area contributed by atoms with E-state index in [1.54, 1.807) is 0 Å². The number of methoxy groups -OCH3 is 1. The molecule has 3 rings (SSSR count). The molecule has 1 atom stereocenters. The minimum Gasteiger partial charge on any atom is -0.467 e. The zero-order valence-corrected chi connectivity index (χ0v) is 16.2. The molecule has 0 aliphatic rings. The van der Waals surface area contributed by atoms with E-state index in [-0.39, 0.29) is 13.0 Å². The fourth-order valence-electron chi connectivity index (χ4n) is 3.06. The van der Waals surface area contributed by atoms with Gasteiger partial charge in [0, 0.05) is 6.42 Å². The molecule has 5 nitrogen and oxygen atoms in total. The molecular formula is C24H23NO4. The number of carbonyl (C=O) groups is 2. The van der Waals surface area contributed by atoms with E-state index < -0.39 is 18.1 Å². The van der Waals surface area contributed by atoms with Crippen molar-refractivity contribution in [2.24, 2.45) is 0 Å². The Hall–Kier alpha value is -3.60. The first-order chi connectivity index (χ1) is 14.2. The van der Waals surface area contributed by atoms with E-state index in [1.165, 1.54) is 7.11 Å². The fourth-order valence-corrected chi connectivity index (χ4v) is 3.06. The second-order valence-electron chi connectivity index (χ2n) is 6.51. The molecule has 0 spiro atoms. The van der Waals surface area contributed by atoms with E-state index in [9.17, 15) is 9.59 Å². The van der Waals surface area contributed by atoms with Crippen molar-refractivity contribution in [3.05, 3.63) is 96.1 Å². The molecule has 0 aliphatic heterocycles. The number of esters is 1. The Morgan fingerprint density at radius 3 is 2.17 bits per heavy atom. The van der Waals surface area contributed by atoms with Crippen LogP contribution in [0.2, 0.25) is 0 Å². The normalized spacial score (nSPS) is 11.3. The van der Waals surface area contributed by atoms with Crippen LogP contribution in [0.25, 0.3) is 11.1 Å². The molecule has 0 fully saturated rings. The number of ether oxygens (including phenoxy) is 2. The third-order valence-electron chi connectivity index (χ3n) is 4.52. The Labute approximate surface area is 170 Å². The maximum Gasteiger partial charge on any atom is 0.408 e. The highest BCUT2D eigenvalue weighted by Crippen LogP contribution is 2.24. The molecule has 0 aromatic heterocycles. The van der Waals surface area contributed by atoms with Gasteiger partial charge < -0.3 is 14.8 Å². The second kappa shape index (κ2) is 10.1. The summed E-state index contributed by atoms with van der Waals surface area (Å²) in [7, 11) is 1.30. The molecule has 0 heterocycles. The lowest BCUT2D eigenvalue weighted by atomic mass is 9.95. The molecule has 3 aromatic rings. The zero-order chi connectivity index (χ0) is 20.5. The lowest BCUT2D eigenvalue weighted by Crippen LogP contribution is -2.43. The average Bonchev–Trinajstić information content (AvgIpc) is 2.78. The number of rotatable bonds is 7. The quantitative estimate of drug-likeness (QED) is 0.610. The first kappa shape index (κ1) is 20.1. The molecule has 148 valence electrons. The van der Waals surface area contributed by atoms with Gasteiger partial charge in [-0.05, 0) is 22.3 Å². The molecule has 0 saturated carbocycles. The van der Waals surface area contributed by atoms with Crippen molar-refractivity contribution in [2.45, 2.75) is 19.1 Å². The molecule has 3 aromatic carbocycles. The third kappa shape index (κ3) is 5.69. The summed E-state index contributed by atoms with van der Waals surface area (Å²) < 4.78 is 10.1. The number of benzene rings is 3. The van der Waals surface area contributed by atoms with Crippen LogP contribution in [0.15, 0.2) is 84.9 Å². The molecule has 1 N–H and O–H groups in total. The van der Waals surface area contributed by atoms with Gasteiger partial charge >= 0.3 is 12.1 Å². The van der Waals surface area contributed by atoms with Gasteiger partial charge in [-0.3, -0.25) is 0 Å². The molecule has 0 unspecified atom stereocenters. The van der Waals surface area contributed by atoms with Crippen LogP contribution >= 0.6 is 0 Å². The maximum atomic E-state index is 12.3. The van der Waals surface area contributed by atoms with Gasteiger partial charge in [-0.2, -0.15) is 0 Å². The summed E-state index contributed by atoms with van der Waals surface area (Å²) in [4.78, 5) is 24.5. The van der Waals surface area contributed by atoms with Crippen LogP contribution < -0.4 is 5.32 Å². The molecule has 1 amide bonds. The number of hydrogen-bond acceptors (Lipinski definition) is 4. The van der Waals surface area contributed by atoms with Crippen molar-refractivity contribution in [1.29, 1.82) is 0 Å². The van der Waals surface area contributed by atoms with Gasteiger partial charge in [0.1, 0.15) is 12.6 Å². The van der Waals surface area contributed by atoms with E-state index in [0.29, 0.717) is 0 Å². The summed E-state index contributed by atoms with van der Waals surface area (Å²) >= 11 is 0. The molecule has 0 aliphatic carbocycles. The standard InChI is InChI=1S/C24H23NO4/c1-28-23(26)22(25-24(27)29-17-18-10-4-2-5-11-18)16-20-14-8-9-15-21(20)19-12-6-3-7-13-19/h2-15,22H,16-17H2,1H3,(H,25,27)/t22-/m1/s1. The van der Waals surface area contributed by atoms with Gasteiger partial charge in [0.2, 0.25) is 0 Å². The lowest BCUT2D eigenvalue weighted by molar-refractivity contribution is -0.143. The van der Waals surface area contributed by atoms with Crippen LogP contribution in [-0.2, 0) is 27.3 Å².